The van der Waals surface area contributed by atoms with Gasteiger partial charge in [-0.05, 0) is 20.8 Å². The monoisotopic (exact) mass is 656 g/mol. The Morgan fingerprint density at radius 3 is 2.59 bits per heavy atom. The number of aliphatic hydroxyl groups excluding tert-OH is 1. The van der Waals surface area contributed by atoms with E-state index in [4.69, 9.17) is 47.5 Å². The molecule has 0 aromatic carbocycles. The molecule has 14 nitrogen and oxygen atoms in total. The van der Waals surface area contributed by atoms with Crippen LogP contribution in [0.5, 0.6) is 0 Å². The van der Waals surface area contributed by atoms with Crippen LogP contribution in [0.3, 0.4) is 0 Å². The SMILES string of the molecule is CC(C)OC(=O)[C@H](C)N[P@](=O)(OCCSC(=O)C(C)(C)C)OC[C@H]1O[C@@H](n2cnc3c(N)ncnc32)C(Cl)(Cl)[C@@H]1O. The summed E-state index contributed by atoms with van der Waals surface area (Å²) in [6.45, 7) is 9.45. The Morgan fingerprint density at radius 2 is 1.95 bits per heavy atom. The zero-order valence-corrected chi connectivity index (χ0v) is 26.7. The van der Waals surface area contributed by atoms with E-state index in [1.54, 1.807) is 34.6 Å². The van der Waals surface area contributed by atoms with Crippen LogP contribution in [0.4, 0.5) is 5.82 Å². The summed E-state index contributed by atoms with van der Waals surface area (Å²) >= 11 is 14.0. The number of esters is 1. The van der Waals surface area contributed by atoms with E-state index in [1.807, 2.05) is 0 Å². The molecule has 3 rings (SSSR count). The van der Waals surface area contributed by atoms with Gasteiger partial charge in [-0.2, -0.15) is 0 Å². The Hall–Kier alpha value is -1.55. The van der Waals surface area contributed by atoms with Crippen LogP contribution < -0.4 is 10.8 Å². The van der Waals surface area contributed by atoms with Crippen molar-refractivity contribution in [1.29, 1.82) is 0 Å². The summed E-state index contributed by atoms with van der Waals surface area (Å²) in [6.07, 6.45) is -1.76. The van der Waals surface area contributed by atoms with Gasteiger partial charge in [0.2, 0.25) is 0 Å². The number of aromatic nitrogens is 4. The number of hydrogen-bond donors (Lipinski definition) is 3. The standard InChI is InChI=1S/C23H35Cl2N6O8PS/c1-12(2)38-19(33)13(3)30-40(35,36-7-8-41-21(34)22(4,5)6)37-9-14-16(32)23(24,25)20(39-14)31-11-29-15-17(26)27-10-28-18(15)31/h10-14,16,20,32H,7-9H2,1-6H3,(H,30,35)(H2,26,27,28)/t13-,14+,16+,20+,40-/m0/s1. The number of rotatable bonds is 12. The van der Waals surface area contributed by atoms with Crippen molar-refractivity contribution in [3.63, 3.8) is 0 Å². The number of halogens is 2. The number of alkyl halides is 2. The third kappa shape index (κ3) is 8.30. The average molecular weight is 658 g/mol. The van der Waals surface area contributed by atoms with E-state index in [-0.39, 0.29) is 34.5 Å². The van der Waals surface area contributed by atoms with E-state index in [1.165, 1.54) is 24.1 Å². The van der Waals surface area contributed by atoms with Crippen LogP contribution in [0, 0.1) is 5.41 Å². The van der Waals surface area contributed by atoms with Gasteiger partial charge in [0.05, 0.1) is 25.6 Å². The maximum absolute atomic E-state index is 13.7. The van der Waals surface area contributed by atoms with Crippen molar-refractivity contribution in [1.82, 2.24) is 24.6 Å². The van der Waals surface area contributed by atoms with Crippen molar-refractivity contribution in [2.75, 3.05) is 24.7 Å². The van der Waals surface area contributed by atoms with Crippen LogP contribution in [0.1, 0.15) is 47.8 Å². The van der Waals surface area contributed by atoms with Gasteiger partial charge in [0, 0.05) is 11.2 Å². The summed E-state index contributed by atoms with van der Waals surface area (Å²) in [5, 5.41) is 13.4. The maximum atomic E-state index is 13.7. The van der Waals surface area contributed by atoms with Crippen molar-refractivity contribution in [2.24, 2.45) is 5.41 Å². The number of nitrogen functional groups attached to an aromatic ring is 1. The number of carbonyl (C=O) groups excluding carboxylic acids is 2. The van der Waals surface area contributed by atoms with E-state index in [0.29, 0.717) is 0 Å². The van der Waals surface area contributed by atoms with Crippen LogP contribution in [0.2, 0.25) is 0 Å². The lowest BCUT2D eigenvalue weighted by molar-refractivity contribution is -0.149. The molecule has 230 valence electrons. The first-order valence-corrected chi connectivity index (χ1v) is 15.9. The Kier molecular flexibility index (Phi) is 11.1. The largest absolute Gasteiger partial charge is 0.462 e. The van der Waals surface area contributed by atoms with Gasteiger partial charge in [-0.15, -0.1) is 0 Å². The highest BCUT2D eigenvalue weighted by Crippen LogP contribution is 2.50. The fourth-order valence-electron chi connectivity index (χ4n) is 3.56. The van der Waals surface area contributed by atoms with Gasteiger partial charge in [0.1, 0.15) is 30.1 Å². The molecule has 0 unspecified atom stereocenters. The maximum Gasteiger partial charge on any atom is 0.406 e. The van der Waals surface area contributed by atoms with Crippen LogP contribution in [-0.2, 0) is 32.7 Å². The summed E-state index contributed by atoms with van der Waals surface area (Å²) in [7, 11) is -4.23. The normalized spacial score (nSPS) is 23.0. The number of ether oxygens (including phenoxy) is 2. The van der Waals surface area contributed by atoms with Crippen molar-refractivity contribution in [3.05, 3.63) is 12.7 Å². The van der Waals surface area contributed by atoms with Crippen LogP contribution in [-0.4, -0.2) is 83.4 Å². The first-order valence-electron chi connectivity index (χ1n) is 12.6. The second-order valence-corrected chi connectivity index (χ2v) is 14.9. The Morgan fingerprint density at radius 1 is 1.27 bits per heavy atom. The van der Waals surface area contributed by atoms with Gasteiger partial charge in [-0.3, -0.25) is 23.2 Å². The Bertz CT molecular complexity index is 1290. The third-order valence-electron chi connectivity index (χ3n) is 5.68. The van der Waals surface area contributed by atoms with Gasteiger partial charge in [0.15, 0.2) is 27.1 Å². The number of nitrogens with zero attached hydrogens (tertiary/aromatic N) is 4. The lowest BCUT2D eigenvalue weighted by Gasteiger charge is -2.25. The molecule has 0 amide bonds. The lowest BCUT2D eigenvalue weighted by atomic mass is 10.00. The topological polar surface area (TPSA) is 190 Å². The molecule has 5 atom stereocenters. The van der Waals surface area contributed by atoms with Gasteiger partial charge in [-0.1, -0.05) is 55.7 Å². The van der Waals surface area contributed by atoms with Crippen LogP contribution >= 0.6 is 42.7 Å². The second-order valence-electron chi connectivity index (χ2n) is 10.6. The van der Waals surface area contributed by atoms with Crippen LogP contribution in [0.15, 0.2) is 12.7 Å². The highest BCUT2D eigenvalue weighted by atomic mass is 35.5. The molecule has 1 aliphatic heterocycles. The molecule has 1 aliphatic rings. The molecule has 2 aromatic heterocycles. The number of aliphatic hydroxyl groups is 1. The fraction of sp³-hybridized carbons (Fsp3) is 0.696. The van der Waals surface area contributed by atoms with Gasteiger partial charge >= 0.3 is 13.7 Å². The number of hydrogen-bond acceptors (Lipinski definition) is 13. The predicted molar refractivity (Wildman–Crippen MR) is 154 cm³/mol. The number of nitrogens with two attached hydrogens (primary N) is 1. The molecule has 0 radical (unpaired) electrons. The van der Waals surface area contributed by atoms with E-state index in [9.17, 15) is 19.3 Å². The first kappa shape index (κ1) is 33.9. The molecule has 0 aliphatic carbocycles. The summed E-state index contributed by atoms with van der Waals surface area (Å²) < 4.78 is 35.4. The van der Waals surface area contributed by atoms with E-state index in [2.05, 4.69) is 20.0 Å². The Labute approximate surface area is 251 Å². The molecule has 1 fully saturated rings. The minimum atomic E-state index is -4.23. The van der Waals surface area contributed by atoms with Gasteiger partial charge < -0.3 is 20.3 Å². The number of carbonyl (C=O) groups is 2. The third-order valence-corrected chi connectivity index (χ3v) is 9.46. The van der Waals surface area contributed by atoms with E-state index < -0.39 is 60.7 Å². The summed E-state index contributed by atoms with van der Waals surface area (Å²) in [6, 6.07) is -1.09. The molecule has 0 saturated carbocycles. The first-order chi connectivity index (χ1) is 19.0. The minimum Gasteiger partial charge on any atom is -0.462 e. The molecular weight excluding hydrogens is 622 g/mol. The highest BCUT2D eigenvalue weighted by molar-refractivity contribution is 8.13. The van der Waals surface area contributed by atoms with E-state index in [0.717, 1.165) is 11.8 Å². The zero-order chi connectivity index (χ0) is 30.8. The Balaban J connectivity index is 1.74. The molecule has 0 bridgehead atoms. The van der Waals surface area contributed by atoms with Gasteiger partial charge in [-0.25, -0.2) is 24.6 Å². The van der Waals surface area contributed by atoms with Crippen molar-refractivity contribution < 1.29 is 37.8 Å². The van der Waals surface area contributed by atoms with Crippen molar-refractivity contribution in [3.8, 4) is 0 Å². The molecule has 41 heavy (non-hydrogen) atoms. The fourth-order valence-corrected chi connectivity index (χ4v) is 6.54. The number of fused-ring (bicyclic) bond motifs is 1. The molecule has 3 heterocycles. The van der Waals surface area contributed by atoms with Crippen molar-refractivity contribution >= 4 is 70.8 Å². The molecular formula is C23H35Cl2N6O8PS. The van der Waals surface area contributed by atoms with Crippen molar-refractivity contribution in [2.45, 2.75) is 76.5 Å². The van der Waals surface area contributed by atoms with Crippen LogP contribution in [0.25, 0.3) is 11.2 Å². The molecule has 1 saturated heterocycles. The molecule has 0 spiro atoms. The number of thioether (sulfide) groups is 1. The molecule has 18 heteroatoms. The predicted octanol–water partition coefficient (Wildman–Crippen LogP) is 3.22. The number of anilines is 1. The van der Waals surface area contributed by atoms with E-state index >= 15 is 0 Å². The summed E-state index contributed by atoms with van der Waals surface area (Å²) in [4.78, 5) is 36.8. The highest BCUT2D eigenvalue weighted by Gasteiger charge is 2.56. The minimum absolute atomic E-state index is 0.0770. The smallest absolute Gasteiger partial charge is 0.406 e. The zero-order valence-electron chi connectivity index (χ0n) is 23.4. The quantitative estimate of drug-likeness (QED) is 0.131. The number of imidazole rings is 1. The number of nitrogens with one attached hydrogen (secondary N) is 1. The summed E-state index contributed by atoms with van der Waals surface area (Å²) in [5.74, 6) is -0.388. The molecule has 4 N–H and O–H groups in total. The lowest BCUT2D eigenvalue weighted by Crippen LogP contribution is -2.39. The average Bonchev–Trinajstić information content (AvgIpc) is 3.38. The summed E-state index contributed by atoms with van der Waals surface area (Å²) in [5.41, 5.74) is 5.82. The second kappa shape index (κ2) is 13.4. The molecule has 2 aromatic rings. The van der Waals surface area contributed by atoms with Gasteiger partial charge in [0.25, 0.3) is 0 Å².